The Bertz CT molecular complexity index is 639. The minimum atomic E-state index is -0.447. The zero-order chi connectivity index (χ0) is 16.1. The van der Waals surface area contributed by atoms with Crippen LogP contribution in [0.25, 0.3) is 0 Å². The summed E-state index contributed by atoms with van der Waals surface area (Å²) in [7, 11) is 5.24. The van der Waals surface area contributed by atoms with Crippen molar-refractivity contribution in [2.24, 2.45) is 7.05 Å². The minimum Gasteiger partial charge on any atom is -0.377 e. The molecular formula is C16H22N4O2. The second kappa shape index (κ2) is 7.20. The number of aryl methyl sites for hydroxylation is 1. The number of nitrogens with zero attached hydrogens (tertiary/aromatic N) is 2. The number of anilines is 1. The maximum atomic E-state index is 12.5. The van der Waals surface area contributed by atoms with E-state index in [-0.39, 0.29) is 12.0 Å². The minimum absolute atomic E-state index is 0.0183. The van der Waals surface area contributed by atoms with E-state index in [2.05, 4.69) is 15.7 Å². The maximum absolute atomic E-state index is 12.5. The van der Waals surface area contributed by atoms with E-state index < -0.39 is 6.04 Å². The molecule has 0 saturated heterocycles. The topological polar surface area (TPSA) is 68.2 Å². The van der Waals surface area contributed by atoms with Gasteiger partial charge in [-0.1, -0.05) is 12.1 Å². The summed E-state index contributed by atoms with van der Waals surface area (Å²) in [5.41, 5.74) is 2.59. The van der Waals surface area contributed by atoms with E-state index in [1.165, 1.54) is 0 Å². The second-order valence-electron chi connectivity index (χ2n) is 5.16. The summed E-state index contributed by atoms with van der Waals surface area (Å²) >= 11 is 0. The van der Waals surface area contributed by atoms with Crippen LogP contribution in [-0.4, -0.2) is 29.8 Å². The average molecular weight is 302 g/mol. The van der Waals surface area contributed by atoms with Crippen molar-refractivity contribution in [1.29, 1.82) is 0 Å². The van der Waals surface area contributed by atoms with Crippen molar-refractivity contribution >= 4 is 11.6 Å². The fraction of sp³-hybridized carbons (Fsp3) is 0.375. The van der Waals surface area contributed by atoms with Gasteiger partial charge in [-0.2, -0.15) is 5.10 Å². The molecule has 0 bridgehead atoms. The highest BCUT2D eigenvalue weighted by atomic mass is 16.5. The number of amides is 1. The number of rotatable bonds is 6. The quantitative estimate of drug-likeness (QED) is 0.856. The summed E-state index contributed by atoms with van der Waals surface area (Å²) in [5, 5.41) is 10.0. The van der Waals surface area contributed by atoms with Crippen LogP contribution in [0.15, 0.2) is 36.7 Å². The van der Waals surface area contributed by atoms with E-state index >= 15 is 0 Å². The number of carbonyl (C=O) groups excluding carboxylic acids is 1. The number of hydrogen-bond acceptors (Lipinski definition) is 4. The van der Waals surface area contributed by atoms with Crippen LogP contribution in [-0.2, 0) is 16.6 Å². The van der Waals surface area contributed by atoms with E-state index in [0.717, 1.165) is 16.8 Å². The van der Waals surface area contributed by atoms with Gasteiger partial charge in [0, 0.05) is 31.6 Å². The highest BCUT2D eigenvalue weighted by Gasteiger charge is 2.20. The van der Waals surface area contributed by atoms with Crippen LogP contribution in [0.1, 0.15) is 30.2 Å². The van der Waals surface area contributed by atoms with Gasteiger partial charge in [0.25, 0.3) is 0 Å². The van der Waals surface area contributed by atoms with E-state index in [1.54, 1.807) is 25.0 Å². The summed E-state index contributed by atoms with van der Waals surface area (Å²) in [6, 6.07) is 7.21. The zero-order valence-electron chi connectivity index (χ0n) is 13.3. The summed E-state index contributed by atoms with van der Waals surface area (Å²) in [6.45, 7) is 1.97. The lowest BCUT2D eigenvalue weighted by Gasteiger charge is -2.16. The Hall–Kier alpha value is -2.18. The standard InChI is InChI=1S/C16H22N4O2/c1-11(22-4)12-6-5-7-14(8-12)19-16(21)15(17-2)13-9-18-20(3)10-13/h5-11,15,17H,1-4H3,(H,19,21). The number of methoxy groups -OCH3 is 1. The van der Waals surface area contributed by atoms with Crippen LogP contribution < -0.4 is 10.6 Å². The Balaban J connectivity index is 2.13. The van der Waals surface area contributed by atoms with Gasteiger partial charge in [-0.05, 0) is 31.7 Å². The molecule has 0 aliphatic carbocycles. The van der Waals surface area contributed by atoms with E-state index in [1.807, 2.05) is 44.4 Å². The van der Waals surface area contributed by atoms with Crippen molar-refractivity contribution in [2.45, 2.75) is 19.1 Å². The van der Waals surface area contributed by atoms with Gasteiger partial charge in [-0.25, -0.2) is 0 Å². The predicted octanol–water partition coefficient (Wildman–Crippen LogP) is 2.03. The summed E-state index contributed by atoms with van der Waals surface area (Å²) in [6.07, 6.45) is 3.49. The van der Waals surface area contributed by atoms with Crippen LogP contribution in [0.5, 0.6) is 0 Å². The molecule has 0 aliphatic heterocycles. The molecule has 2 unspecified atom stereocenters. The molecule has 2 rings (SSSR count). The lowest BCUT2D eigenvalue weighted by atomic mass is 10.1. The first-order valence-corrected chi connectivity index (χ1v) is 7.14. The number of hydrogen-bond donors (Lipinski definition) is 2. The molecule has 2 atom stereocenters. The van der Waals surface area contributed by atoms with Gasteiger partial charge in [0.1, 0.15) is 6.04 Å². The molecule has 22 heavy (non-hydrogen) atoms. The Labute approximate surface area is 130 Å². The van der Waals surface area contributed by atoms with Gasteiger partial charge in [0.2, 0.25) is 5.91 Å². The summed E-state index contributed by atoms with van der Waals surface area (Å²) in [5.74, 6) is -0.127. The molecule has 1 aromatic heterocycles. The Kier molecular flexibility index (Phi) is 5.30. The highest BCUT2D eigenvalue weighted by Crippen LogP contribution is 2.21. The largest absolute Gasteiger partial charge is 0.377 e. The molecule has 0 spiro atoms. The van der Waals surface area contributed by atoms with Gasteiger partial charge >= 0.3 is 0 Å². The zero-order valence-corrected chi connectivity index (χ0v) is 13.3. The van der Waals surface area contributed by atoms with Crippen molar-refractivity contribution in [3.05, 3.63) is 47.8 Å². The maximum Gasteiger partial charge on any atom is 0.246 e. The smallest absolute Gasteiger partial charge is 0.246 e. The van der Waals surface area contributed by atoms with E-state index in [0.29, 0.717) is 0 Å². The monoisotopic (exact) mass is 302 g/mol. The molecule has 2 aromatic rings. The third-order valence-corrected chi connectivity index (χ3v) is 3.59. The molecule has 6 heteroatoms. The van der Waals surface area contributed by atoms with Crippen LogP contribution in [0.4, 0.5) is 5.69 Å². The first kappa shape index (κ1) is 16.2. The fourth-order valence-corrected chi connectivity index (χ4v) is 2.26. The van der Waals surface area contributed by atoms with Gasteiger partial charge in [0.05, 0.1) is 12.3 Å². The van der Waals surface area contributed by atoms with E-state index in [9.17, 15) is 4.79 Å². The summed E-state index contributed by atoms with van der Waals surface area (Å²) < 4.78 is 6.98. The molecule has 0 aliphatic rings. The number of nitrogens with one attached hydrogen (secondary N) is 2. The van der Waals surface area contributed by atoms with Gasteiger partial charge in [-0.15, -0.1) is 0 Å². The molecule has 1 amide bonds. The first-order valence-electron chi connectivity index (χ1n) is 7.14. The van der Waals surface area contributed by atoms with Gasteiger partial charge in [-0.3, -0.25) is 9.48 Å². The highest BCUT2D eigenvalue weighted by molar-refractivity contribution is 5.95. The molecule has 1 aromatic carbocycles. The average Bonchev–Trinajstić information content (AvgIpc) is 2.93. The van der Waals surface area contributed by atoms with Crippen molar-refractivity contribution in [3.63, 3.8) is 0 Å². The normalized spacial score (nSPS) is 13.6. The third kappa shape index (κ3) is 3.72. The van der Waals surface area contributed by atoms with Gasteiger partial charge < -0.3 is 15.4 Å². The van der Waals surface area contributed by atoms with Crippen molar-refractivity contribution in [1.82, 2.24) is 15.1 Å². The molecular weight excluding hydrogens is 280 g/mol. The van der Waals surface area contributed by atoms with Crippen molar-refractivity contribution in [2.75, 3.05) is 19.5 Å². The number of aromatic nitrogens is 2. The number of benzene rings is 1. The number of carbonyl (C=O) groups is 1. The first-order chi connectivity index (χ1) is 10.5. The second-order valence-corrected chi connectivity index (χ2v) is 5.16. The third-order valence-electron chi connectivity index (χ3n) is 3.59. The van der Waals surface area contributed by atoms with Gasteiger partial charge in [0.15, 0.2) is 0 Å². The molecule has 0 radical (unpaired) electrons. The van der Waals surface area contributed by atoms with Crippen LogP contribution in [0.2, 0.25) is 0 Å². The molecule has 0 saturated carbocycles. The molecule has 0 fully saturated rings. The Morgan fingerprint density at radius 3 is 2.73 bits per heavy atom. The predicted molar refractivity (Wildman–Crippen MR) is 85.5 cm³/mol. The SMILES string of the molecule is CNC(C(=O)Nc1cccc(C(C)OC)c1)c1cnn(C)c1. The van der Waals surface area contributed by atoms with Crippen LogP contribution >= 0.6 is 0 Å². The van der Waals surface area contributed by atoms with Crippen molar-refractivity contribution in [3.8, 4) is 0 Å². The lowest BCUT2D eigenvalue weighted by Crippen LogP contribution is -2.30. The number of ether oxygens (including phenoxy) is 1. The Morgan fingerprint density at radius 1 is 1.36 bits per heavy atom. The van der Waals surface area contributed by atoms with Crippen LogP contribution in [0, 0.1) is 0 Å². The fourth-order valence-electron chi connectivity index (χ4n) is 2.26. The molecule has 1 heterocycles. The lowest BCUT2D eigenvalue weighted by molar-refractivity contribution is -0.118. The molecule has 6 nitrogen and oxygen atoms in total. The van der Waals surface area contributed by atoms with E-state index in [4.69, 9.17) is 4.74 Å². The molecule has 2 N–H and O–H groups in total. The summed E-state index contributed by atoms with van der Waals surface area (Å²) in [4.78, 5) is 12.5. The van der Waals surface area contributed by atoms with Crippen LogP contribution in [0.3, 0.4) is 0 Å². The number of likely N-dealkylation sites (N-methyl/N-ethyl adjacent to an activating group) is 1. The molecule has 118 valence electrons. The Morgan fingerprint density at radius 2 is 2.14 bits per heavy atom. The van der Waals surface area contributed by atoms with Crippen molar-refractivity contribution < 1.29 is 9.53 Å².